The van der Waals surface area contributed by atoms with Crippen molar-refractivity contribution < 1.29 is 64.9 Å². The number of fused-ring (bicyclic) bond motifs is 5. The van der Waals surface area contributed by atoms with Crippen LogP contribution >= 0.6 is 0 Å². The molecule has 6 fully saturated rings. The number of ether oxygens (including phenoxy) is 4. The largest absolute Gasteiger partial charge is 0.394 e. The third-order valence-corrected chi connectivity index (χ3v) is 16.2. The van der Waals surface area contributed by atoms with E-state index in [-0.39, 0.29) is 41.1 Å². The first-order chi connectivity index (χ1) is 25.1. The molecule has 13 heteroatoms. The Morgan fingerprint density at radius 1 is 0.815 bits per heavy atom. The lowest BCUT2D eigenvalue weighted by atomic mass is 9.34. The van der Waals surface area contributed by atoms with Crippen molar-refractivity contribution in [3.05, 3.63) is 11.6 Å². The maximum absolute atomic E-state index is 12.5. The molecule has 0 aromatic carbocycles. The van der Waals surface area contributed by atoms with Gasteiger partial charge in [0.25, 0.3) is 0 Å². The molecule has 0 bridgehead atoms. The summed E-state index contributed by atoms with van der Waals surface area (Å²) in [5, 5.41) is 99.3. The van der Waals surface area contributed by atoms with Gasteiger partial charge in [-0.25, -0.2) is 0 Å². The van der Waals surface area contributed by atoms with Gasteiger partial charge >= 0.3 is 0 Å². The van der Waals surface area contributed by atoms with Crippen molar-refractivity contribution in [3.8, 4) is 0 Å². The van der Waals surface area contributed by atoms with Crippen molar-refractivity contribution in [3.63, 3.8) is 0 Å². The SMILES string of the molecule is CC(C)=CCC[C@](C)(O[C@H]1O[C@H](CO)[C@H](O)[C@@H](O)[C@H]1O[C@@H]1OC[C@@H](O)[C@H](O)[C@@H]1O)[C@H]1CC[C@]2(C)[C@H]1[C@H](O)C[C@H]1[C@]3(C)CC[C@@H](O)C(C)(C)[C@@H]3[C@@H](O)C[C@@]12C. The van der Waals surface area contributed by atoms with Gasteiger partial charge in [0, 0.05) is 0 Å². The molecule has 4 saturated carbocycles. The molecular weight excluding hydrogens is 700 g/mol. The quantitative estimate of drug-likeness (QED) is 0.153. The molecule has 312 valence electrons. The molecule has 2 aliphatic heterocycles. The zero-order valence-electron chi connectivity index (χ0n) is 33.5. The van der Waals surface area contributed by atoms with Gasteiger partial charge in [0.05, 0.1) is 37.1 Å². The Morgan fingerprint density at radius 2 is 1.50 bits per heavy atom. The highest BCUT2D eigenvalue weighted by molar-refractivity contribution is 5.22. The summed E-state index contributed by atoms with van der Waals surface area (Å²) >= 11 is 0. The van der Waals surface area contributed by atoms with E-state index in [9.17, 15) is 46.0 Å². The van der Waals surface area contributed by atoms with Crippen LogP contribution < -0.4 is 0 Å². The van der Waals surface area contributed by atoms with Crippen LogP contribution in [0.2, 0.25) is 0 Å². The molecule has 20 atom stereocenters. The topological polar surface area (TPSA) is 219 Å². The van der Waals surface area contributed by atoms with E-state index in [1.54, 1.807) is 0 Å². The lowest BCUT2D eigenvalue weighted by Gasteiger charge is -2.71. The van der Waals surface area contributed by atoms with Crippen LogP contribution in [0.15, 0.2) is 11.6 Å². The third kappa shape index (κ3) is 6.76. The number of hydrogen-bond donors (Lipinski definition) is 9. The van der Waals surface area contributed by atoms with Gasteiger partial charge in [-0.1, -0.05) is 46.3 Å². The molecule has 6 rings (SSSR count). The fraction of sp³-hybridized carbons (Fsp3) is 0.951. The van der Waals surface area contributed by atoms with Gasteiger partial charge in [0.15, 0.2) is 12.6 Å². The normalized spacial score (nSPS) is 52.8. The van der Waals surface area contributed by atoms with E-state index in [0.717, 1.165) is 18.4 Å². The van der Waals surface area contributed by atoms with Crippen LogP contribution in [0, 0.1) is 45.3 Å². The number of rotatable bonds is 9. The highest BCUT2D eigenvalue weighted by Gasteiger charge is 2.73. The van der Waals surface area contributed by atoms with E-state index in [1.807, 2.05) is 20.8 Å². The molecule has 9 N–H and O–H groups in total. The van der Waals surface area contributed by atoms with Gasteiger partial charge in [-0.05, 0) is 117 Å². The summed E-state index contributed by atoms with van der Waals surface area (Å²) < 4.78 is 24.7. The highest BCUT2D eigenvalue weighted by Crippen LogP contribution is 2.76. The average Bonchev–Trinajstić information content (AvgIpc) is 3.47. The van der Waals surface area contributed by atoms with Crippen molar-refractivity contribution >= 4 is 0 Å². The first-order valence-corrected chi connectivity index (χ1v) is 20.4. The smallest absolute Gasteiger partial charge is 0.187 e. The minimum atomic E-state index is -1.68. The Morgan fingerprint density at radius 3 is 2.15 bits per heavy atom. The Bertz CT molecular complexity index is 1360. The average molecular weight is 771 g/mol. The summed E-state index contributed by atoms with van der Waals surface area (Å²) in [6.07, 6.45) is -7.91. The zero-order chi connectivity index (χ0) is 39.9. The summed E-state index contributed by atoms with van der Waals surface area (Å²) in [6.45, 7) is 16.1. The molecule has 2 saturated heterocycles. The van der Waals surface area contributed by atoms with Gasteiger partial charge in [-0.3, -0.25) is 0 Å². The molecular formula is C41H70O13. The third-order valence-electron chi connectivity index (χ3n) is 16.2. The van der Waals surface area contributed by atoms with Crippen LogP contribution in [-0.2, 0) is 18.9 Å². The van der Waals surface area contributed by atoms with E-state index in [1.165, 1.54) is 0 Å². The summed E-state index contributed by atoms with van der Waals surface area (Å²) in [5.41, 5.74) is -1.40. The molecule has 54 heavy (non-hydrogen) atoms. The molecule has 0 aromatic rings. The van der Waals surface area contributed by atoms with Crippen molar-refractivity contribution in [2.75, 3.05) is 13.2 Å². The van der Waals surface area contributed by atoms with E-state index in [4.69, 9.17) is 18.9 Å². The zero-order valence-corrected chi connectivity index (χ0v) is 33.5. The van der Waals surface area contributed by atoms with Crippen LogP contribution in [0.1, 0.15) is 107 Å². The monoisotopic (exact) mass is 770 g/mol. The first-order valence-electron chi connectivity index (χ1n) is 20.4. The van der Waals surface area contributed by atoms with Crippen LogP contribution in [0.4, 0.5) is 0 Å². The predicted molar refractivity (Wildman–Crippen MR) is 196 cm³/mol. The highest BCUT2D eigenvalue weighted by atomic mass is 16.8. The number of hydrogen-bond acceptors (Lipinski definition) is 13. The van der Waals surface area contributed by atoms with Gasteiger partial charge in [0.2, 0.25) is 0 Å². The predicted octanol–water partition coefficient (Wildman–Crippen LogP) is 1.76. The Labute approximate surface area is 320 Å². The summed E-state index contributed by atoms with van der Waals surface area (Å²) in [7, 11) is 0. The maximum atomic E-state index is 12.5. The molecule has 0 aromatic heterocycles. The molecule has 0 spiro atoms. The van der Waals surface area contributed by atoms with Gasteiger partial charge in [-0.2, -0.15) is 0 Å². The Balaban J connectivity index is 1.35. The van der Waals surface area contributed by atoms with Crippen LogP contribution in [-0.4, -0.2) is 138 Å². The minimum absolute atomic E-state index is 0.107. The second-order valence-corrected chi connectivity index (χ2v) is 19.8. The van der Waals surface area contributed by atoms with E-state index >= 15 is 0 Å². The van der Waals surface area contributed by atoms with E-state index in [0.29, 0.717) is 38.5 Å². The molecule has 2 heterocycles. The Kier molecular flexibility index (Phi) is 12.0. The maximum Gasteiger partial charge on any atom is 0.187 e. The van der Waals surface area contributed by atoms with E-state index < -0.39 is 96.7 Å². The van der Waals surface area contributed by atoms with Crippen molar-refractivity contribution in [1.82, 2.24) is 0 Å². The fourth-order valence-corrected chi connectivity index (χ4v) is 13.2. The molecule has 13 nitrogen and oxygen atoms in total. The second-order valence-electron chi connectivity index (χ2n) is 19.8. The Hall–Kier alpha value is -0.780. The standard InChI is InChI=1S/C41H70O13/c1-20(2)10-9-13-41(8,54-36-33(31(49)30(48)25(18-42)52-36)53-35-32(50)29(47)24(45)19-51-35)21-11-15-39(6)28(21)22(43)16-26-38(5)14-12-27(46)37(3,4)34(38)23(44)17-40(26,39)7/h10,21-36,42-50H,9,11-19H2,1-8H3/t21-,22+,23-,24+,25+,26-,27+,28+,29-,30-,31+,32-,33+,34-,35-,36+,38-,39+,40-,41-/m0/s1. The molecule has 6 aliphatic rings. The van der Waals surface area contributed by atoms with Crippen molar-refractivity contribution in [2.24, 2.45) is 45.3 Å². The van der Waals surface area contributed by atoms with Crippen molar-refractivity contribution in [1.29, 1.82) is 0 Å². The van der Waals surface area contributed by atoms with Crippen LogP contribution in [0.5, 0.6) is 0 Å². The summed E-state index contributed by atoms with van der Waals surface area (Å²) in [5.74, 6) is -0.471. The number of aliphatic hydroxyl groups is 9. The lowest BCUT2D eigenvalue weighted by Crippen LogP contribution is -2.70. The van der Waals surface area contributed by atoms with Gasteiger partial charge < -0.3 is 64.9 Å². The lowest BCUT2D eigenvalue weighted by molar-refractivity contribution is -0.374. The van der Waals surface area contributed by atoms with Gasteiger partial charge in [-0.15, -0.1) is 0 Å². The van der Waals surface area contributed by atoms with Gasteiger partial charge in [0.1, 0.15) is 42.7 Å². The molecule has 0 radical (unpaired) electrons. The first kappa shape index (κ1) is 42.8. The minimum Gasteiger partial charge on any atom is -0.394 e. The summed E-state index contributed by atoms with van der Waals surface area (Å²) in [6, 6.07) is 0. The fourth-order valence-electron chi connectivity index (χ4n) is 13.2. The molecule has 0 unspecified atom stereocenters. The summed E-state index contributed by atoms with van der Waals surface area (Å²) in [4.78, 5) is 0. The van der Waals surface area contributed by atoms with Crippen molar-refractivity contribution in [2.45, 2.75) is 186 Å². The van der Waals surface area contributed by atoms with Crippen LogP contribution in [0.3, 0.4) is 0 Å². The second kappa shape index (κ2) is 15.1. The number of aliphatic hydroxyl groups excluding tert-OH is 9. The van der Waals surface area contributed by atoms with E-state index in [2.05, 4.69) is 40.7 Å². The van der Waals surface area contributed by atoms with Crippen LogP contribution in [0.25, 0.3) is 0 Å². The molecule has 0 amide bonds. The number of allylic oxidation sites excluding steroid dienone is 2. The molecule has 4 aliphatic carbocycles.